The van der Waals surface area contributed by atoms with Crippen molar-refractivity contribution in [2.24, 2.45) is 11.3 Å². The van der Waals surface area contributed by atoms with E-state index >= 15 is 0 Å². The average Bonchev–Trinajstić information content (AvgIpc) is 3.34. The average molecular weight is 361 g/mol. The van der Waals surface area contributed by atoms with Crippen LogP contribution in [0.15, 0.2) is 30.5 Å². The minimum Gasteiger partial charge on any atom is -0.493 e. The molecule has 4 nitrogen and oxygen atoms in total. The number of rotatable bonds is 6. The number of carbonyl (C=O) groups excluding carboxylic acids is 1. The molecule has 26 heavy (non-hydrogen) atoms. The van der Waals surface area contributed by atoms with E-state index in [4.69, 9.17) is 9.47 Å². The Bertz CT molecular complexity index is 712. The van der Waals surface area contributed by atoms with Gasteiger partial charge in [-0.25, -0.2) is 4.39 Å². The summed E-state index contributed by atoms with van der Waals surface area (Å²) in [6.45, 7) is 12.5. The molecule has 0 aromatic heterocycles. The number of benzene rings is 1. The van der Waals surface area contributed by atoms with Gasteiger partial charge in [0.15, 0.2) is 0 Å². The molecule has 3 rings (SSSR count). The van der Waals surface area contributed by atoms with Gasteiger partial charge in [0.25, 0.3) is 0 Å². The number of likely N-dealkylation sites (tertiary alicyclic amines) is 1. The van der Waals surface area contributed by atoms with E-state index in [9.17, 15) is 9.18 Å². The molecular weight excluding hydrogens is 333 g/mol. The van der Waals surface area contributed by atoms with E-state index < -0.39 is 5.41 Å². The Morgan fingerprint density at radius 2 is 2.00 bits per heavy atom. The summed E-state index contributed by atoms with van der Waals surface area (Å²) in [5, 5.41) is 0. The molecule has 2 aliphatic rings. The minimum atomic E-state index is -0.489. The summed E-state index contributed by atoms with van der Waals surface area (Å²) >= 11 is 0. The first-order valence-electron chi connectivity index (χ1n) is 9.13. The molecule has 1 heterocycles. The third-order valence-corrected chi connectivity index (χ3v) is 5.44. The topological polar surface area (TPSA) is 38.8 Å². The van der Waals surface area contributed by atoms with E-state index in [0.29, 0.717) is 12.5 Å². The number of hydrogen-bond donors (Lipinski definition) is 0. The molecule has 1 aromatic carbocycles. The van der Waals surface area contributed by atoms with Gasteiger partial charge in [0.05, 0.1) is 13.7 Å². The van der Waals surface area contributed by atoms with Gasteiger partial charge in [0, 0.05) is 30.3 Å². The number of hydrogen-bond acceptors (Lipinski definition) is 4. The first-order valence-corrected chi connectivity index (χ1v) is 9.13. The molecule has 0 radical (unpaired) electrons. The number of halogens is 1. The molecule has 1 aliphatic carbocycles. The quantitative estimate of drug-likeness (QED) is 0.721. The number of nitrogens with zero attached hydrogens (tertiary/aromatic N) is 1. The molecule has 1 aliphatic heterocycles. The van der Waals surface area contributed by atoms with Gasteiger partial charge in [-0.1, -0.05) is 27.4 Å². The van der Waals surface area contributed by atoms with Crippen LogP contribution in [0.2, 0.25) is 0 Å². The standard InChI is InChI=1S/C21H28FNO3/c1-14(21(8-9-21)19(24)25-5)23-11-15(12-23)13-26-18-7-6-16(22)10-17(18)20(2,3)4/h6-7,10,15H,1,8-9,11-13H2,2-5H3. The molecule has 1 saturated heterocycles. The van der Waals surface area contributed by atoms with Crippen molar-refractivity contribution >= 4 is 5.97 Å². The fourth-order valence-corrected chi connectivity index (χ4v) is 3.55. The Labute approximate surface area is 155 Å². The predicted molar refractivity (Wildman–Crippen MR) is 98.5 cm³/mol. The Morgan fingerprint density at radius 1 is 1.35 bits per heavy atom. The van der Waals surface area contributed by atoms with Crippen LogP contribution in [0.25, 0.3) is 0 Å². The van der Waals surface area contributed by atoms with Crippen molar-refractivity contribution in [2.75, 3.05) is 26.8 Å². The maximum Gasteiger partial charge on any atom is 0.317 e. The molecular formula is C21H28FNO3. The van der Waals surface area contributed by atoms with Gasteiger partial charge in [-0.05, 0) is 36.5 Å². The van der Waals surface area contributed by atoms with E-state index in [1.165, 1.54) is 13.2 Å². The van der Waals surface area contributed by atoms with Gasteiger partial charge in [0.1, 0.15) is 17.0 Å². The van der Waals surface area contributed by atoms with Gasteiger partial charge >= 0.3 is 5.97 Å². The van der Waals surface area contributed by atoms with Crippen LogP contribution < -0.4 is 4.74 Å². The Kier molecular flexibility index (Phi) is 4.76. The maximum atomic E-state index is 13.6. The molecule has 0 unspecified atom stereocenters. The Hall–Kier alpha value is -2.04. The van der Waals surface area contributed by atoms with Crippen LogP contribution in [0.1, 0.15) is 39.2 Å². The maximum absolute atomic E-state index is 13.6. The molecule has 2 fully saturated rings. The van der Waals surface area contributed by atoms with Crippen LogP contribution in [0.5, 0.6) is 5.75 Å². The largest absolute Gasteiger partial charge is 0.493 e. The number of carbonyl (C=O) groups is 1. The molecule has 1 aromatic rings. The van der Waals surface area contributed by atoms with Crippen molar-refractivity contribution in [2.45, 2.75) is 39.0 Å². The SMILES string of the molecule is C=C(N1CC(COc2ccc(F)cc2C(C)(C)C)C1)C1(C(=O)OC)CC1. The van der Waals surface area contributed by atoms with Crippen molar-refractivity contribution < 1.29 is 18.7 Å². The zero-order valence-corrected chi connectivity index (χ0v) is 16.1. The smallest absolute Gasteiger partial charge is 0.317 e. The number of esters is 1. The highest BCUT2D eigenvalue weighted by Crippen LogP contribution is 2.54. The summed E-state index contributed by atoms with van der Waals surface area (Å²) in [6.07, 6.45) is 1.64. The lowest BCUT2D eigenvalue weighted by Gasteiger charge is -2.43. The van der Waals surface area contributed by atoms with E-state index in [0.717, 1.165) is 42.9 Å². The summed E-state index contributed by atoms with van der Waals surface area (Å²) in [5.74, 6) is 0.691. The second kappa shape index (κ2) is 6.60. The van der Waals surface area contributed by atoms with Crippen LogP contribution in [-0.2, 0) is 14.9 Å². The van der Waals surface area contributed by atoms with Crippen molar-refractivity contribution in [3.63, 3.8) is 0 Å². The highest BCUT2D eigenvalue weighted by atomic mass is 19.1. The van der Waals surface area contributed by atoms with Crippen molar-refractivity contribution in [1.29, 1.82) is 0 Å². The van der Waals surface area contributed by atoms with E-state index in [1.54, 1.807) is 12.1 Å². The van der Waals surface area contributed by atoms with E-state index in [2.05, 4.69) is 11.5 Å². The third-order valence-electron chi connectivity index (χ3n) is 5.44. The Morgan fingerprint density at radius 3 is 2.54 bits per heavy atom. The summed E-state index contributed by atoms with van der Waals surface area (Å²) in [7, 11) is 1.43. The van der Waals surface area contributed by atoms with Gasteiger partial charge in [0.2, 0.25) is 0 Å². The lowest BCUT2D eigenvalue weighted by molar-refractivity contribution is -0.146. The fraction of sp³-hybridized carbons (Fsp3) is 0.571. The van der Waals surface area contributed by atoms with E-state index in [1.807, 2.05) is 20.8 Å². The summed E-state index contributed by atoms with van der Waals surface area (Å²) in [6, 6.07) is 4.70. The Balaban J connectivity index is 1.55. The van der Waals surface area contributed by atoms with Crippen LogP contribution in [0, 0.1) is 17.2 Å². The molecule has 0 N–H and O–H groups in total. The van der Waals surface area contributed by atoms with Crippen molar-refractivity contribution in [3.8, 4) is 5.75 Å². The van der Waals surface area contributed by atoms with Gasteiger partial charge in [-0.3, -0.25) is 4.79 Å². The monoisotopic (exact) mass is 361 g/mol. The summed E-state index contributed by atoms with van der Waals surface area (Å²) < 4.78 is 24.5. The van der Waals surface area contributed by atoms with Crippen molar-refractivity contribution in [1.82, 2.24) is 4.90 Å². The number of ether oxygens (including phenoxy) is 2. The van der Waals surface area contributed by atoms with E-state index in [-0.39, 0.29) is 17.2 Å². The molecule has 0 amide bonds. The summed E-state index contributed by atoms with van der Waals surface area (Å²) in [4.78, 5) is 14.1. The van der Waals surface area contributed by atoms with Crippen LogP contribution in [-0.4, -0.2) is 37.7 Å². The van der Waals surface area contributed by atoms with Gasteiger partial charge in [-0.15, -0.1) is 0 Å². The van der Waals surface area contributed by atoms with Gasteiger partial charge in [-0.2, -0.15) is 0 Å². The normalized spacial score (nSPS) is 18.9. The van der Waals surface area contributed by atoms with Gasteiger partial charge < -0.3 is 14.4 Å². The second-order valence-electron chi connectivity index (χ2n) is 8.49. The molecule has 142 valence electrons. The predicted octanol–water partition coefficient (Wildman–Crippen LogP) is 3.90. The lowest BCUT2D eigenvalue weighted by Crippen LogP contribution is -2.50. The highest BCUT2D eigenvalue weighted by molar-refractivity contribution is 5.83. The molecule has 0 atom stereocenters. The molecule has 0 bridgehead atoms. The molecule has 0 spiro atoms. The second-order valence-corrected chi connectivity index (χ2v) is 8.49. The molecule has 5 heteroatoms. The zero-order chi connectivity index (χ0) is 19.1. The van der Waals surface area contributed by atoms with Crippen LogP contribution in [0.3, 0.4) is 0 Å². The first kappa shape index (κ1) is 18.7. The van der Waals surface area contributed by atoms with Crippen LogP contribution in [0.4, 0.5) is 4.39 Å². The minimum absolute atomic E-state index is 0.177. The number of methoxy groups -OCH3 is 1. The highest BCUT2D eigenvalue weighted by Gasteiger charge is 2.56. The third kappa shape index (κ3) is 3.44. The molecule has 1 saturated carbocycles. The zero-order valence-electron chi connectivity index (χ0n) is 16.1. The lowest BCUT2D eigenvalue weighted by atomic mass is 9.86. The summed E-state index contributed by atoms with van der Waals surface area (Å²) in [5.41, 5.74) is 1.08. The fourth-order valence-electron chi connectivity index (χ4n) is 3.55. The van der Waals surface area contributed by atoms with Crippen LogP contribution >= 0.6 is 0 Å². The van der Waals surface area contributed by atoms with Crippen molar-refractivity contribution in [3.05, 3.63) is 41.9 Å². The first-order chi connectivity index (χ1) is 12.2.